The van der Waals surface area contributed by atoms with E-state index in [1.807, 2.05) is 0 Å². The number of hydrogen-bond acceptors (Lipinski definition) is 6. The highest BCUT2D eigenvalue weighted by molar-refractivity contribution is 7.91. The molecule has 32 heavy (non-hydrogen) atoms. The van der Waals surface area contributed by atoms with Crippen LogP contribution in [-0.4, -0.2) is 45.7 Å². The summed E-state index contributed by atoms with van der Waals surface area (Å²) in [4.78, 5) is 11.4. The SMILES string of the molecule is CCS(=O)(=O)c1cc(OC2CC(F)(F)C2)cnc1-c1nc2cc(C(F)(F)F)ncc2n1C. The summed E-state index contributed by atoms with van der Waals surface area (Å²) in [7, 11) is -2.38. The van der Waals surface area contributed by atoms with E-state index >= 15 is 0 Å². The van der Waals surface area contributed by atoms with Gasteiger partial charge in [0.15, 0.2) is 15.7 Å². The number of rotatable bonds is 5. The highest BCUT2D eigenvalue weighted by atomic mass is 32.2. The molecule has 0 aromatic carbocycles. The lowest BCUT2D eigenvalue weighted by Crippen LogP contribution is -2.43. The summed E-state index contributed by atoms with van der Waals surface area (Å²) >= 11 is 0. The van der Waals surface area contributed by atoms with Gasteiger partial charge in [0.25, 0.3) is 5.92 Å². The second-order valence-corrected chi connectivity index (χ2v) is 9.72. The molecule has 4 rings (SSSR count). The van der Waals surface area contributed by atoms with Crippen LogP contribution in [0.25, 0.3) is 22.6 Å². The summed E-state index contributed by atoms with van der Waals surface area (Å²) in [6, 6.07) is 1.94. The van der Waals surface area contributed by atoms with Crippen LogP contribution in [0.2, 0.25) is 0 Å². The first-order valence-electron chi connectivity index (χ1n) is 9.48. The van der Waals surface area contributed by atoms with Gasteiger partial charge >= 0.3 is 6.18 Å². The van der Waals surface area contributed by atoms with E-state index < -0.39 is 46.6 Å². The fourth-order valence-corrected chi connectivity index (χ4v) is 4.43. The first-order chi connectivity index (χ1) is 14.8. The third kappa shape index (κ3) is 4.00. The van der Waals surface area contributed by atoms with E-state index in [1.54, 1.807) is 0 Å². The van der Waals surface area contributed by atoms with Gasteiger partial charge in [0.1, 0.15) is 28.1 Å². The predicted molar refractivity (Wildman–Crippen MR) is 103 cm³/mol. The first kappa shape index (κ1) is 22.4. The number of alkyl halides is 5. The molecule has 3 aromatic heterocycles. The van der Waals surface area contributed by atoms with Crippen LogP contribution in [0.15, 0.2) is 29.4 Å². The second-order valence-electron chi connectivity index (χ2n) is 7.48. The number of ether oxygens (including phenoxy) is 1. The first-order valence-corrected chi connectivity index (χ1v) is 11.1. The minimum Gasteiger partial charge on any atom is -0.488 e. The molecule has 1 aliphatic carbocycles. The molecular formula is C19H17F5N4O3S. The molecular weight excluding hydrogens is 459 g/mol. The number of aryl methyl sites for hydroxylation is 1. The number of nitrogens with zero attached hydrogens (tertiary/aromatic N) is 4. The van der Waals surface area contributed by atoms with E-state index in [9.17, 15) is 30.4 Å². The lowest BCUT2D eigenvalue weighted by molar-refractivity contribution is -0.141. The number of fused-ring (bicyclic) bond motifs is 1. The lowest BCUT2D eigenvalue weighted by Gasteiger charge is -2.34. The van der Waals surface area contributed by atoms with Gasteiger partial charge in [-0.3, -0.25) is 0 Å². The second kappa shape index (κ2) is 7.36. The zero-order chi connectivity index (χ0) is 23.5. The van der Waals surface area contributed by atoms with E-state index in [2.05, 4.69) is 15.0 Å². The van der Waals surface area contributed by atoms with Crippen LogP contribution in [0.3, 0.4) is 0 Å². The number of aromatic nitrogens is 4. The third-order valence-corrected chi connectivity index (χ3v) is 6.91. The van der Waals surface area contributed by atoms with Crippen molar-refractivity contribution in [3.05, 3.63) is 30.2 Å². The number of imidazole rings is 1. The Labute approximate surface area is 179 Å². The van der Waals surface area contributed by atoms with Gasteiger partial charge in [0.2, 0.25) is 0 Å². The van der Waals surface area contributed by atoms with Gasteiger partial charge in [-0.05, 0) is 6.07 Å². The van der Waals surface area contributed by atoms with E-state index in [1.165, 1.54) is 30.8 Å². The third-order valence-electron chi connectivity index (χ3n) is 5.17. The number of halogens is 5. The van der Waals surface area contributed by atoms with Crippen LogP contribution in [0.1, 0.15) is 25.5 Å². The lowest BCUT2D eigenvalue weighted by atomic mass is 9.91. The van der Waals surface area contributed by atoms with Crippen molar-refractivity contribution in [2.24, 2.45) is 7.05 Å². The topological polar surface area (TPSA) is 87.0 Å². The fourth-order valence-electron chi connectivity index (χ4n) is 3.39. The Bertz CT molecular complexity index is 1300. The molecule has 1 aliphatic rings. The summed E-state index contributed by atoms with van der Waals surface area (Å²) in [5, 5.41) is 0. The largest absolute Gasteiger partial charge is 0.488 e. The summed E-state index contributed by atoms with van der Waals surface area (Å²) in [6.07, 6.45) is -4.22. The van der Waals surface area contributed by atoms with Crippen molar-refractivity contribution >= 4 is 20.9 Å². The normalized spacial score (nSPS) is 16.8. The number of hydrogen-bond donors (Lipinski definition) is 0. The van der Waals surface area contributed by atoms with Crippen molar-refractivity contribution in [2.75, 3.05) is 5.75 Å². The van der Waals surface area contributed by atoms with E-state index in [4.69, 9.17) is 4.74 Å². The molecule has 0 bridgehead atoms. The molecule has 1 fully saturated rings. The molecule has 0 unspecified atom stereocenters. The molecule has 13 heteroatoms. The van der Waals surface area contributed by atoms with Gasteiger partial charge in [-0.15, -0.1) is 0 Å². The van der Waals surface area contributed by atoms with Crippen LogP contribution in [0.5, 0.6) is 5.75 Å². The highest BCUT2D eigenvalue weighted by Gasteiger charge is 2.47. The Hall–Kier alpha value is -2.83. The van der Waals surface area contributed by atoms with Gasteiger partial charge < -0.3 is 9.30 Å². The Kier molecular flexibility index (Phi) is 5.14. The standard InChI is InChI=1S/C19H17F5N4O3S/c1-3-32(29,30)14-4-10(31-11-6-18(20,21)7-11)8-26-16(14)17-27-12-5-15(19(22,23)24)25-9-13(12)28(17)2/h4-5,8-9,11H,3,6-7H2,1-2H3. The van der Waals surface area contributed by atoms with Gasteiger partial charge in [0, 0.05) is 26.0 Å². The fraction of sp³-hybridized carbons (Fsp3) is 0.421. The van der Waals surface area contributed by atoms with Gasteiger partial charge in [-0.2, -0.15) is 13.2 Å². The van der Waals surface area contributed by atoms with E-state index in [-0.39, 0.29) is 38.9 Å². The smallest absolute Gasteiger partial charge is 0.433 e. The van der Waals surface area contributed by atoms with Gasteiger partial charge in [0.05, 0.1) is 29.2 Å². The molecule has 0 amide bonds. The van der Waals surface area contributed by atoms with Crippen LogP contribution < -0.4 is 4.74 Å². The molecule has 0 atom stereocenters. The molecule has 0 radical (unpaired) electrons. The van der Waals surface area contributed by atoms with Gasteiger partial charge in [-0.25, -0.2) is 32.2 Å². The zero-order valence-electron chi connectivity index (χ0n) is 16.8. The van der Waals surface area contributed by atoms with Crippen LogP contribution >= 0.6 is 0 Å². The minimum atomic E-state index is -4.67. The minimum absolute atomic E-state index is 0.000985. The highest BCUT2D eigenvalue weighted by Crippen LogP contribution is 2.40. The van der Waals surface area contributed by atoms with Crippen LogP contribution in [0.4, 0.5) is 22.0 Å². The maximum Gasteiger partial charge on any atom is 0.433 e. The molecule has 3 aromatic rings. The summed E-state index contributed by atoms with van der Waals surface area (Å²) in [6.45, 7) is 1.41. The van der Waals surface area contributed by atoms with Crippen molar-refractivity contribution in [1.29, 1.82) is 0 Å². The number of pyridine rings is 2. The molecule has 1 saturated carbocycles. The van der Waals surface area contributed by atoms with Crippen molar-refractivity contribution in [2.45, 2.75) is 42.9 Å². The van der Waals surface area contributed by atoms with E-state index in [0.717, 1.165) is 12.3 Å². The Morgan fingerprint density at radius 1 is 1.19 bits per heavy atom. The average Bonchev–Trinajstić information content (AvgIpc) is 3.02. The molecule has 0 aliphatic heterocycles. The summed E-state index contributed by atoms with van der Waals surface area (Å²) < 4.78 is 97.4. The summed E-state index contributed by atoms with van der Waals surface area (Å²) in [5.74, 6) is -3.10. The molecule has 0 N–H and O–H groups in total. The number of sulfone groups is 1. The van der Waals surface area contributed by atoms with Crippen molar-refractivity contribution in [3.63, 3.8) is 0 Å². The Balaban J connectivity index is 1.80. The quantitative estimate of drug-likeness (QED) is 0.517. The zero-order valence-corrected chi connectivity index (χ0v) is 17.6. The summed E-state index contributed by atoms with van der Waals surface area (Å²) in [5.41, 5.74) is -1.02. The molecule has 172 valence electrons. The average molecular weight is 476 g/mol. The Morgan fingerprint density at radius 2 is 1.88 bits per heavy atom. The Morgan fingerprint density at radius 3 is 2.47 bits per heavy atom. The maximum atomic E-state index is 13.1. The van der Waals surface area contributed by atoms with E-state index in [0.29, 0.717) is 0 Å². The van der Waals surface area contributed by atoms with Crippen molar-refractivity contribution < 1.29 is 35.1 Å². The molecule has 3 heterocycles. The van der Waals surface area contributed by atoms with Crippen molar-refractivity contribution in [1.82, 2.24) is 19.5 Å². The molecule has 0 saturated heterocycles. The van der Waals surface area contributed by atoms with Crippen LogP contribution in [-0.2, 0) is 23.1 Å². The predicted octanol–water partition coefficient (Wildman–Crippen LogP) is 4.02. The maximum absolute atomic E-state index is 13.1. The van der Waals surface area contributed by atoms with Crippen LogP contribution in [0, 0.1) is 0 Å². The molecule has 0 spiro atoms. The molecule has 7 nitrogen and oxygen atoms in total. The van der Waals surface area contributed by atoms with Crippen molar-refractivity contribution in [3.8, 4) is 17.3 Å². The van der Waals surface area contributed by atoms with Gasteiger partial charge in [-0.1, -0.05) is 6.92 Å². The monoisotopic (exact) mass is 476 g/mol.